The van der Waals surface area contributed by atoms with Crippen LogP contribution in [0.1, 0.15) is 34.1 Å². The van der Waals surface area contributed by atoms with Gasteiger partial charge in [0, 0.05) is 6.54 Å². The predicted octanol–water partition coefficient (Wildman–Crippen LogP) is 1.57. The standard InChI is InChI=1S/C14H24N2O2/c1-6-8-16-12(10(5)7-2)13(17)15-11(9(3)4)14(16)18/h6,9-12H,1,7-8H2,2-5H3,(H,15,17). The highest BCUT2D eigenvalue weighted by Crippen LogP contribution is 2.22. The molecule has 3 unspecified atom stereocenters. The minimum Gasteiger partial charge on any atom is -0.342 e. The number of hydrogen-bond donors (Lipinski definition) is 1. The molecule has 1 saturated heterocycles. The lowest BCUT2D eigenvalue weighted by Gasteiger charge is -2.42. The van der Waals surface area contributed by atoms with Gasteiger partial charge < -0.3 is 10.2 Å². The van der Waals surface area contributed by atoms with Crippen LogP contribution in [0.4, 0.5) is 0 Å². The summed E-state index contributed by atoms with van der Waals surface area (Å²) < 4.78 is 0. The molecule has 0 aliphatic carbocycles. The van der Waals surface area contributed by atoms with E-state index >= 15 is 0 Å². The van der Waals surface area contributed by atoms with Crippen molar-refractivity contribution in [3.8, 4) is 0 Å². The first-order valence-electron chi connectivity index (χ1n) is 6.65. The highest BCUT2D eigenvalue weighted by Gasteiger charge is 2.42. The van der Waals surface area contributed by atoms with Gasteiger partial charge >= 0.3 is 0 Å². The number of piperazine rings is 1. The molecular weight excluding hydrogens is 228 g/mol. The fourth-order valence-electron chi connectivity index (χ4n) is 2.34. The van der Waals surface area contributed by atoms with Crippen LogP contribution in [0.15, 0.2) is 12.7 Å². The molecule has 3 atom stereocenters. The summed E-state index contributed by atoms with van der Waals surface area (Å²) in [4.78, 5) is 26.3. The molecule has 0 aromatic heterocycles. The van der Waals surface area contributed by atoms with E-state index in [1.165, 1.54) is 0 Å². The molecule has 4 nitrogen and oxygen atoms in total. The molecule has 102 valence electrons. The molecule has 0 aromatic rings. The molecule has 0 saturated carbocycles. The fraction of sp³-hybridized carbons (Fsp3) is 0.714. The van der Waals surface area contributed by atoms with E-state index in [1.54, 1.807) is 11.0 Å². The molecule has 1 aliphatic heterocycles. The molecule has 1 rings (SSSR count). The van der Waals surface area contributed by atoms with Crippen LogP contribution < -0.4 is 5.32 Å². The molecule has 4 heteroatoms. The van der Waals surface area contributed by atoms with Crippen LogP contribution >= 0.6 is 0 Å². The van der Waals surface area contributed by atoms with E-state index in [9.17, 15) is 9.59 Å². The number of nitrogens with one attached hydrogen (secondary N) is 1. The van der Waals surface area contributed by atoms with E-state index in [1.807, 2.05) is 27.7 Å². The van der Waals surface area contributed by atoms with E-state index < -0.39 is 6.04 Å². The molecular formula is C14H24N2O2. The van der Waals surface area contributed by atoms with Gasteiger partial charge in [-0.2, -0.15) is 0 Å². The van der Waals surface area contributed by atoms with E-state index in [0.717, 1.165) is 6.42 Å². The maximum atomic E-state index is 12.4. The van der Waals surface area contributed by atoms with Crippen molar-refractivity contribution >= 4 is 11.8 Å². The van der Waals surface area contributed by atoms with Crippen molar-refractivity contribution in [3.05, 3.63) is 12.7 Å². The third-order valence-electron chi connectivity index (χ3n) is 3.63. The predicted molar refractivity (Wildman–Crippen MR) is 71.9 cm³/mol. The van der Waals surface area contributed by atoms with Crippen molar-refractivity contribution < 1.29 is 9.59 Å². The lowest BCUT2D eigenvalue weighted by molar-refractivity contribution is -0.152. The van der Waals surface area contributed by atoms with Gasteiger partial charge in [0.2, 0.25) is 11.8 Å². The second-order valence-corrected chi connectivity index (χ2v) is 5.34. The Kier molecular flexibility index (Phi) is 4.93. The third-order valence-corrected chi connectivity index (χ3v) is 3.63. The van der Waals surface area contributed by atoms with E-state index in [4.69, 9.17) is 0 Å². The summed E-state index contributed by atoms with van der Waals surface area (Å²) in [6.07, 6.45) is 2.55. The maximum Gasteiger partial charge on any atom is 0.246 e. The van der Waals surface area contributed by atoms with Gasteiger partial charge in [-0.05, 0) is 11.8 Å². The largest absolute Gasteiger partial charge is 0.342 e. The van der Waals surface area contributed by atoms with Crippen LogP contribution in [0, 0.1) is 11.8 Å². The summed E-state index contributed by atoms with van der Waals surface area (Å²) in [5, 5.41) is 2.85. The van der Waals surface area contributed by atoms with E-state index in [0.29, 0.717) is 6.54 Å². The number of rotatable bonds is 5. The summed E-state index contributed by atoms with van der Waals surface area (Å²) in [5.74, 6) is 0.230. The van der Waals surface area contributed by atoms with Crippen LogP contribution in [0.3, 0.4) is 0 Å². The number of hydrogen-bond acceptors (Lipinski definition) is 2. The molecule has 0 radical (unpaired) electrons. The highest BCUT2D eigenvalue weighted by atomic mass is 16.2. The Balaban J connectivity index is 3.02. The average molecular weight is 252 g/mol. The molecule has 1 N–H and O–H groups in total. The lowest BCUT2D eigenvalue weighted by atomic mass is 9.90. The van der Waals surface area contributed by atoms with Crippen molar-refractivity contribution in [1.82, 2.24) is 10.2 Å². The van der Waals surface area contributed by atoms with Gasteiger partial charge in [-0.1, -0.05) is 40.2 Å². The monoisotopic (exact) mass is 252 g/mol. The van der Waals surface area contributed by atoms with Crippen molar-refractivity contribution in [2.75, 3.05) is 6.54 Å². The van der Waals surface area contributed by atoms with Gasteiger partial charge in [-0.25, -0.2) is 0 Å². The third kappa shape index (κ3) is 2.74. The molecule has 1 fully saturated rings. The van der Waals surface area contributed by atoms with Crippen molar-refractivity contribution in [1.29, 1.82) is 0 Å². The molecule has 0 spiro atoms. The molecule has 18 heavy (non-hydrogen) atoms. The average Bonchev–Trinajstić information content (AvgIpc) is 2.32. The summed E-state index contributed by atoms with van der Waals surface area (Å²) in [5.41, 5.74) is 0. The first-order chi connectivity index (χ1) is 8.43. The first-order valence-corrected chi connectivity index (χ1v) is 6.65. The molecule has 1 heterocycles. The number of amides is 2. The zero-order valence-electron chi connectivity index (χ0n) is 11.8. The zero-order valence-corrected chi connectivity index (χ0v) is 11.8. The number of carbonyl (C=O) groups excluding carboxylic acids is 2. The summed E-state index contributed by atoms with van der Waals surface area (Å²) >= 11 is 0. The zero-order chi connectivity index (χ0) is 13.9. The normalized spacial score (nSPS) is 26.2. The number of nitrogens with zero attached hydrogens (tertiary/aromatic N) is 1. The highest BCUT2D eigenvalue weighted by molar-refractivity contribution is 5.97. The molecule has 2 amide bonds. The molecule has 0 aromatic carbocycles. The smallest absolute Gasteiger partial charge is 0.246 e. The molecule has 1 aliphatic rings. The van der Waals surface area contributed by atoms with E-state index in [-0.39, 0.29) is 29.7 Å². The van der Waals surface area contributed by atoms with Crippen LogP contribution in [-0.4, -0.2) is 35.3 Å². The Morgan fingerprint density at radius 2 is 2.00 bits per heavy atom. The van der Waals surface area contributed by atoms with Crippen LogP contribution in [-0.2, 0) is 9.59 Å². The topological polar surface area (TPSA) is 49.4 Å². The second kappa shape index (κ2) is 6.03. The summed E-state index contributed by atoms with van der Waals surface area (Å²) in [6.45, 7) is 12.0. The van der Waals surface area contributed by atoms with Crippen molar-refractivity contribution in [3.63, 3.8) is 0 Å². The van der Waals surface area contributed by atoms with Crippen molar-refractivity contribution in [2.24, 2.45) is 11.8 Å². The maximum absolute atomic E-state index is 12.4. The van der Waals surface area contributed by atoms with Gasteiger partial charge in [-0.3, -0.25) is 9.59 Å². The van der Waals surface area contributed by atoms with Gasteiger partial charge in [-0.15, -0.1) is 6.58 Å². The van der Waals surface area contributed by atoms with Gasteiger partial charge in [0.1, 0.15) is 12.1 Å². The Hall–Kier alpha value is -1.32. The van der Waals surface area contributed by atoms with Gasteiger partial charge in [0.05, 0.1) is 0 Å². The van der Waals surface area contributed by atoms with Crippen molar-refractivity contribution in [2.45, 2.75) is 46.2 Å². The first kappa shape index (κ1) is 14.7. The van der Waals surface area contributed by atoms with Crippen LogP contribution in [0.5, 0.6) is 0 Å². The summed E-state index contributed by atoms with van der Waals surface area (Å²) in [6, 6.07) is -0.770. The van der Waals surface area contributed by atoms with Gasteiger partial charge in [0.15, 0.2) is 0 Å². The minimum atomic E-state index is -0.405. The second-order valence-electron chi connectivity index (χ2n) is 5.34. The van der Waals surface area contributed by atoms with Crippen LogP contribution in [0.2, 0.25) is 0 Å². The fourth-order valence-corrected chi connectivity index (χ4v) is 2.34. The summed E-state index contributed by atoms with van der Waals surface area (Å²) in [7, 11) is 0. The molecule has 0 bridgehead atoms. The minimum absolute atomic E-state index is 0.00907. The Labute approximate surface area is 109 Å². The quantitative estimate of drug-likeness (QED) is 0.755. The Bertz CT molecular complexity index is 339. The van der Waals surface area contributed by atoms with Gasteiger partial charge in [0.25, 0.3) is 0 Å². The SMILES string of the molecule is C=CCN1C(=O)C(C(C)C)NC(=O)C1C(C)CC. The lowest BCUT2D eigenvalue weighted by Crippen LogP contribution is -2.66. The Morgan fingerprint density at radius 1 is 1.39 bits per heavy atom. The van der Waals surface area contributed by atoms with E-state index in [2.05, 4.69) is 11.9 Å². The van der Waals surface area contributed by atoms with Crippen LogP contribution in [0.25, 0.3) is 0 Å². The number of carbonyl (C=O) groups is 2. The Morgan fingerprint density at radius 3 is 2.44 bits per heavy atom.